The minimum absolute atomic E-state index is 0.214. The third kappa shape index (κ3) is 4.69. The Balaban J connectivity index is 1.25. The van der Waals surface area contributed by atoms with Crippen molar-refractivity contribution in [1.82, 2.24) is 0 Å². The van der Waals surface area contributed by atoms with E-state index >= 15 is 0 Å². The zero-order valence-corrected chi connectivity index (χ0v) is 21.6. The van der Waals surface area contributed by atoms with Gasteiger partial charge in [-0.25, -0.2) is 4.39 Å². The maximum absolute atomic E-state index is 13.2. The fraction of sp³-hybridized carbons (Fsp3) is 0. The standard InChI is InChI=1S/C34H22FI/c35-33-17-13-25(14-18-33)23-1-5-27(6-2-23)29-9-11-32-22-30(10-12-31(32)21-29)28-7-3-24(4-8-28)26-15-19-34(36)20-16-26/h1-22H. The molecule has 0 heterocycles. The Morgan fingerprint density at radius 3 is 1.00 bits per heavy atom. The molecule has 172 valence electrons. The fourth-order valence-electron chi connectivity index (χ4n) is 4.60. The van der Waals surface area contributed by atoms with Crippen LogP contribution in [0.1, 0.15) is 0 Å². The Morgan fingerprint density at radius 1 is 0.333 bits per heavy atom. The molecule has 0 N–H and O–H groups in total. The molecule has 0 aliphatic rings. The first-order valence-corrected chi connectivity index (χ1v) is 13.0. The molecule has 6 rings (SSSR count). The van der Waals surface area contributed by atoms with Gasteiger partial charge in [0.15, 0.2) is 0 Å². The van der Waals surface area contributed by atoms with E-state index in [2.05, 4.69) is 132 Å². The second-order valence-corrected chi connectivity index (χ2v) is 10.2. The molecule has 0 bridgehead atoms. The first-order chi connectivity index (χ1) is 17.6. The summed E-state index contributed by atoms with van der Waals surface area (Å²) in [6, 6.07) is 45.8. The largest absolute Gasteiger partial charge is 0.207 e. The monoisotopic (exact) mass is 576 g/mol. The fourth-order valence-corrected chi connectivity index (χ4v) is 4.96. The Morgan fingerprint density at radius 2 is 0.611 bits per heavy atom. The quantitative estimate of drug-likeness (QED) is 0.183. The van der Waals surface area contributed by atoms with Gasteiger partial charge in [0.1, 0.15) is 5.82 Å². The molecule has 0 unspecified atom stereocenters. The third-order valence-electron chi connectivity index (χ3n) is 6.63. The molecule has 0 fully saturated rings. The molecule has 0 aromatic heterocycles. The molecule has 0 saturated heterocycles. The van der Waals surface area contributed by atoms with Crippen LogP contribution in [0.3, 0.4) is 0 Å². The Kier molecular flexibility index (Phi) is 6.12. The Bertz CT molecular complexity index is 1520. The van der Waals surface area contributed by atoms with Gasteiger partial charge in [0.05, 0.1) is 0 Å². The van der Waals surface area contributed by atoms with Gasteiger partial charge < -0.3 is 0 Å². The summed E-state index contributed by atoms with van der Waals surface area (Å²) in [5.74, 6) is -0.214. The number of benzene rings is 6. The lowest BCUT2D eigenvalue weighted by Crippen LogP contribution is -1.84. The lowest BCUT2D eigenvalue weighted by atomic mass is 9.96. The molecule has 6 aromatic rings. The van der Waals surface area contributed by atoms with E-state index in [-0.39, 0.29) is 5.82 Å². The van der Waals surface area contributed by atoms with E-state index in [0.29, 0.717) is 0 Å². The zero-order valence-electron chi connectivity index (χ0n) is 19.5. The maximum Gasteiger partial charge on any atom is 0.123 e. The van der Waals surface area contributed by atoms with Gasteiger partial charge in [0.2, 0.25) is 0 Å². The van der Waals surface area contributed by atoms with Crippen molar-refractivity contribution in [3.05, 3.63) is 143 Å². The molecule has 0 amide bonds. The normalized spacial score (nSPS) is 11.1. The van der Waals surface area contributed by atoms with Gasteiger partial charge in [-0.05, 0) is 114 Å². The highest BCUT2D eigenvalue weighted by molar-refractivity contribution is 14.1. The van der Waals surface area contributed by atoms with Crippen LogP contribution in [0.5, 0.6) is 0 Å². The van der Waals surface area contributed by atoms with Crippen LogP contribution < -0.4 is 0 Å². The molecule has 0 aliphatic carbocycles. The van der Waals surface area contributed by atoms with Crippen molar-refractivity contribution in [2.45, 2.75) is 0 Å². The number of halogens is 2. The van der Waals surface area contributed by atoms with Crippen LogP contribution in [-0.4, -0.2) is 0 Å². The molecular weight excluding hydrogens is 554 g/mol. The molecule has 6 aromatic carbocycles. The number of rotatable bonds is 4. The molecule has 0 spiro atoms. The summed E-state index contributed by atoms with van der Waals surface area (Å²) in [6.07, 6.45) is 0. The van der Waals surface area contributed by atoms with Gasteiger partial charge in [0, 0.05) is 3.57 Å². The van der Waals surface area contributed by atoms with Crippen molar-refractivity contribution in [1.29, 1.82) is 0 Å². The summed E-state index contributed by atoms with van der Waals surface area (Å²) in [4.78, 5) is 0. The second-order valence-electron chi connectivity index (χ2n) is 8.95. The highest BCUT2D eigenvalue weighted by Crippen LogP contribution is 2.31. The van der Waals surface area contributed by atoms with Crippen LogP contribution >= 0.6 is 22.6 Å². The molecule has 36 heavy (non-hydrogen) atoms. The van der Waals surface area contributed by atoms with Gasteiger partial charge in [-0.2, -0.15) is 0 Å². The highest BCUT2D eigenvalue weighted by atomic mass is 127. The maximum atomic E-state index is 13.2. The summed E-state index contributed by atoms with van der Waals surface area (Å²) in [5, 5.41) is 2.44. The molecule has 2 heteroatoms. The van der Waals surface area contributed by atoms with Crippen molar-refractivity contribution in [3.8, 4) is 44.5 Å². The topological polar surface area (TPSA) is 0 Å². The van der Waals surface area contributed by atoms with Gasteiger partial charge in [0.25, 0.3) is 0 Å². The van der Waals surface area contributed by atoms with E-state index in [1.165, 1.54) is 54.3 Å². The number of hydrogen-bond donors (Lipinski definition) is 0. The molecular formula is C34H22FI. The van der Waals surface area contributed by atoms with Gasteiger partial charge >= 0.3 is 0 Å². The van der Waals surface area contributed by atoms with Gasteiger partial charge in [-0.3, -0.25) is 0 Å². The van der Waals surface area contributed by atoms with Crippen LogP contribution in [0.2, 0.25) is 0 Å². The highest BCUT2D eigenvalue weighted by Gasteiger charge is 2.05. The summed E-state index contributed by atoms with van der Waals surface area (Å²) in [5.41, 5.74) is 9.34. The van der Waals surface area contributed by atoms with Gasteiger partial charge in [-0.1, -0.05) is 97.1 Å². The molecule has 0 saturated carbocycles. The first kappa shape index (κ1) is 22.7. The first-order valence-electron chi connectivity index (χ1n) is 11.9. The van der Waals surface area contributed by atoms with E-state index in [9.17, 15) is 4.39 Å². The lowest BCUT2D eigenvalue weighted by molar-refractivity contribution is 0.628. The SMILES string of the molecule is Fc1ccc(-c2ccc(-c3ccc4cc(-c5ccc(-c6ccc(I)cc6)cc5)ccc4c3)cc2)cc1. The van der Waals surface area contributed by atoms with E-state index in [4.69, 9.17) is 0 Å². The lowest BCUT2D eigenvalue weighted by Gasteiger charge is -2.09. The predicted molar refractivity (Wildman–Crippen MR) is 158 cm³/mol. The minimum Gasteiger partial charge on any atom is -0.207 e. The average Bonchev–Trinajstić information content (AvgIpc) is 2.94. The van der Waals surface area contributed by atoms with Crippen LogP contribution in [-0.2, 0) is 0 Å². The van der Waals surface area contributed by atoms with Crippen molar-refractivity contribution < 1.29 is 4.39 Å². The Hall–Kier alpha value is -3.76. The molecule has 0 aliphatic heterocycles. The molecule has 0 atom stereocenters. The van der Waals surface area contributed by atoms with Crippen molar-refractivity contribution in [2.24, 2.45) is 0 Å². The third-order valence-corrected chi connectivity index (χ3v) is 7.35. The summed E-state index contributed by atoms with van der Waals surface area (Å²) >= 11 is 2.33. The van der Waals surface area contributed by atoms with E-state index in [0.717, 1.165) is 16.7 Å². The predicted octanol–water partition coefficient (Wildman–Crippen LogP) is 10.3. The smallest absolute Gasteiger partial charge is 0.123 e. The molecule has 0 radical (unpaired) electrons. The number of fused-ring (bicyclic) bond motifs is 1. The summed E-state index contributed by atoms with van der Waals surface area (Å²) in [6.45, 7) is 0. The van der Waals surface area contributed by atoms with Crippen molar-refractivity contribution in [3.63, 3.8) is 0 Å². The molecule has 0 nitrogen and oxygen atoms in total. The minimum atomic E-state index is -0.214. The van der Waals surface area contributed by atoms with E-state index in [1.807, 2.05) is 12.1 Å². The summed E-state index contributed by atoms with van der Waals surface area (Å²) < 4.78 is 14.5. The Labute approximate surface area is 224 Å². The van der Waals surface area contributed by atoms with Crippen LogP contribution in [0.4, 0.5) is 4.39 Å². The van der Waals surface area contributed by atoms with Crippen LogP contribution in [0.25, 0.3) is 55.3 Å². The van der Waals surface area contributed by atoms with E-state index in [1.54, 1.807) is 0 Å². The second kappa shape index (κ2) is 9.71. The van der Waals surface area contributed by atoms with Crippen molar-refractivity contribution >= 4 is 33.4 Å². The van der Waals surface area contributed by atoms with Gasteiger partial charge in [-0.15, -0.1) is 0 Å². The zero-order chi connectivity index (χ0) is 24.5. The summed E-state index contributed by atoms with van der Waals surface area (Å²) in [7, 11) is 0. The van der Waals surface area contributed by atoms with E-state index < -0.39 is 0 Å². The van der Waals surface area contributed by atoms with Crippen molar-refractivity contribution in [2.75, 3.05) is 0 Å². The number of hydrogen-bond acceptors (Lipinski definition) is 0. The van der Waals surface area contributed by atoms with Crippen LogP contribution in [0, 0.1) is 9.39 Å². The average molecular weight is 576 g/mol. The van der Waals surface area contributed by atoms with Crippen LogP contribution in [0.15, 0.2) is 133 Å².